The maximum atomic E-state index is 13.6. The number of rotatable bonds is 4. The van der Waals surface area contributed by atoms with Crippen molar-refractivity contribution >= 4 is 27.8 Å². The second kappa shape index (κ2) is 6.69. The normalized spacial score (nSPS) is 19.2. The first-order valence-electron chi connectivity index (χ1n) is 10.9. The maximum absolute atomic E-state index is 13.6. The van der Waals surface area contributed by atoms with Crippen molar-refractivity contribution in [3.8, 4) is 5.95 Å². The Bertz CT molecular complexity index is 1250. The largest absolute Gasteiger partial charge is 0.339 e. The lowest BCUT2D eigenvalue weighted by atomic mass is 10.2. The second-order valence-corrected chi connectivity index (χ2v) is 8.71. The van der Waals surface area contributed by atoms with Crippen LogP contribution in [-0.2, 0) is 6.54 Å². The Balaban J connectivity index is 1.64. The van der Waals surface area contributed by atoms with E-state index < -0.39 is 0 Å². The van der Waals surface area contributed by atoms with E-state index in [-0.39, 0.29) is 11.9 Å². The minimum Gasteiger partial charge on any atom is -0.339 e. The predicted octanol–water partition coefficient (Wildman–Crippen LogP) is 4.41. The molecule has 0 N–H and O–H groups in total. The highest BCUT2D eigenvalue weighted by Gasteiger charge is 2.32. The first-order valence-corrected chi connectivity index (χ1v) is 10.9. The maximum Gasteiger partial charge on any atom is 0.271 e. The van der Waals surface area contributed by atoms with E-state index in [1.54, 1.807) is 12.4 Å². The molecule has 1 aliphatic heterocycles. The van der Waals surface area contributed by atoms with Crippen molar-refractivity contribution in [3.63, 3.8) is 0 Å². The number of hydrogen-bond acceptors (Lipinski definition) is 3. The van der Waals surface area contributed by atoms with Crippen LogP contribution in [0.5, 0.6) is 0 Å². The van der Waals surface area contributed by atoms with Gasteiger partial charge >= 0.3 is 0 Å². The van der Waals surface area contributed by atoms with E-state index >= 15 is 0 Å². The third-order valence-electron chi connectivity index (χ3n) is 6.64. The van der Waals surface area contributed by atoms with Gasteiger partial charge in [0.2, 0.25) is 5.95 Å². The van der Waals surface area contributed by atoms with E-state index in [1.165, 1.54) is 18.4 Å². The van der Waals surface area contributed by atoms with Gasteiger partial charge in [0, 0.05) is 36.9 Å². The van der Waals surface area contributed by atoms with Crippen LogP contribution in [0, 0.1) is 5.92 Å². The molecule has 0 unspecified atom stereocenters. The molecule has 2 aliphatic rings. The third-order valence-corrected chi connectivity index (χ3v) is 6.64. The zero-order chi connectivity index (χ0) is 20.2. The van der Waals surface area contributed by atoms with Crippen molar-refractivity contribution in [2.24, 2.45) is 5.92 Å². The summed E-state index contributed by atoms with van der Waals surface area (Å²) in [6, 6.07) is 12.6. The number of benzene rings is 1. The van der Waals surface area contributed by atoms with Gasteiger partial charge in [-0.3, -0.25) is 9.36 Å². The van der Waals surface area contributed by atoms with Gasteiger partial charge in [0.05, 0.1) is 16.6 Å². The van der Waals surface area contributed by atoms with Crippen LogP contribution in [0.3, 0.4) is 0 Å². The van der Waals surface area contributed by atoms with Crippen LogP contribution in [0.1, 0.15) is 43.1 Å². The van der Waals surface area contributed by atoms with Crippen molar-refractivity contribution in [1.82, 2.24) is 24.0 Å². The van der Waals surface area contributed by atoms with Gasteiger partial charge in [-0.2, -0.15) is 0 Å². The number of para-hydroxylation sites is 1. The van der Waals surface area contributed by atoms with E-state index in [0.717, 1.165) is 48.3 Å². The molecule has 6 rings (SSSR count). The molecular weight excluding hydrogens is 374 g/mol. The topological polar surface area (TPSA) is 56.0 Å². The number of carbonyl (C=O) groups excluding carboxylic acids is 1. The predicted molar refractivity (Wildman–Crippen MR) is 117 cm³/mol. The Morgan fingerprint density at radius 3 is 2.60 bits per heavy atom. The lowest BCUT2D eigenvalue weighted by Gasteiger charge is -2.22. The molecule has 4 heterocycles. The zero-order valence-electron chi connectivity index (χ0n) is 17.2. The number of aromatic nitrogens is 4. The lowest BCUT2D eigenvalue weighted by molar-refractivity contribution is 0.0739. The third kappa shape index (κ3) is 2.66. The van der Waals surface area contributed by atoms with Gasteiger partial charge in [-0.1, -0.05) is 18.2 Å². The van der Waals surface area contributed by atoms with E-state index in [2.05, 4.69) is 51.8 Å². The fourth-order valence-electron chi connectivity index (χ4n) is 4.91. The van der Waals surface area contributed by atoms with Crippen LogP contribution in [0.4, 0.5) is 0 Å². The number of nitrogens with zero attached hydrogens (tertiary/aromatic N) is 5. The van der Waals surface area contributed by atoms with E-state index in [9.17, 15) is 4.79 Å². The summed E-state index contributed by atoms with van der Waals surface area (Å²) in [4.78, 5) is 24.7. The summed E-state index contributed by atoms with van der Waals surface area (Å²) in [5.41, 5.74) is 4.02. The van der Waals surface area contributed by atoms with Crippen molar-refractivity contribution < 1.29 is 4.79 Å². The highest BCUT2D eigenvalue weighted by molar-refractivity contribution is 6.11. The first kappa shape index (κ1) is 17.7. The summed E-state index contributed by atoms with van der Waals surface area (Å²) in [6.07, 6.45) is 8.17. The van der Waals surface area contributed by atoms with Crippen LogP contribution in [0.25, 0.3) is 27.9 Å². The Kier molecular flexibility index (Phi) is 3.94. The fraction of sp³-hybridized carbons (Fsp3) is 0.375. The van der Waals surface area contributed by atoms with Gasteiger partial charge in [-0.15, -0.1) is 0 Å². The molecule has 1 saturated heterocycles. The number of carbonyl (C=O) groups is 1. The van der Waals surface area contributed by atoms with E-state index in [1.807, 2.05) is 15.5 Å². The fourth-order valence-corrected chi connectivity index (χ4v) is 4.91. The summed E-state index contributed by atoms with van der Waals surface area (Å²) < 4.78 is 4.38. The average molecular weight is 399 g/mol. The molecule has 0 bridgehead atoms. The minimum atomic E-state index is 0.0747. The first-order chi connectivity index (χ1) is 14.7. The molecule has 1 atom stereocenters. The number of amides is 1. The molecule has 0 radical (unpaired) electrons. The van der Waals surface area contributed by atoms with Crippen molar-refractivity contribution in [2.75, 3.05) is 6.54 Å². The number of likely N-dealkylation sites (tertiary alicyclic amines) is 1. The Morgan fingerprint density at radius 1 is 1.07 bits per heavy atom. The van der Waals surface area contributed by atoms with Gasteiger partial charge in [0.1, 0.15) is 5.69 Å². The smallest absolute Gasteiger partial charge is 0.271 e. The Morgan fingerprint density at radius 2 is 1.87 bits per heavy atom. The standard InChI is InChI=1S/C24H25N5O/c1-16-6-4-13-27(16)23(30)21-14-20-22(29(21)24-25-11-5-12-26-24)18-7-2-3-8-19(18)28(20)15-17-9-10-17/h2-3,5,7-8,11-12,14,16-17H,4,6,9-10,13,15H2,1H3/t16-/m0/s1. The molecule has 0 spiro atoms. The molecule has 3 aromatic heterocycles. The summed E-state index contributed by atoms with van der Waals surface area (Å²) in [7, 11) is 0. The Labute approximate surface area is 175 Å². The van der Waals surface area contributed by atoms with Crippen LogP contribution in [0.2, 0.25) is 0 Å². The SMILES string of the molecule is C[C@H]1CCCN1C(=O)c1cc2c(c3ccccc3n2CC2CC2)n1-c1ncccn1. The molecule has 1 aliphatic carbocycles. The van der Waals surface area contributed by atoms with Gasteiger partial charge < -0.3 is 9.47 Å². The molecule has 1 amide bonds. The van der Waals surface area contributed by atoms with Crippen LogP contribution in [0.15, 0.2) is 48.8 Å². The quantitative estimate of drug-likeness (QED) is 0.511. The minimum absolute atomic E-state index is 0.0747. The highest BCUT2D eigenvalue weighted by atomic mass is 16.2. The summed E-state index contributed by atoms with van der Waals surface area (Å²) in [5.74, 6) is 1.36. The lowest BCUT2D eigenvalue weighted by Crippen LogP contribution is -2.34. The summed E-state index contributed by atoms with van der Waals surface area (Å²) >= 11 is 0. The monoisotopic (exact) mass is 399 g/mol. The molecule has 1 saturated carbocycles. The van der Waals surface area contributed by atoms with Gasteiger partial charge in [0.25, 0.3) is 5.91 Å². The highest BCUT2D eigenvalue weighted by Crippen LogP contribution is 2.38. The van der Waals surface area contributed by atoms with Crippen LogP contribution in [-0.4, -0.2) is 42.5 Å². The van der Waals surface area contributed by atoms with Crippen molar-refractivity contribution in [3.05, 3.63) is 54.5 Å². The number of fused-ring (bicyclic) bond motifs is 3. The average Bonchev–Trinajstić information content (AvgIpc) is 3.24. The summed E-state index contributed by atoms with van der Waals surface area (Å²) in [5, 5.41) is 1.15. The number of hydrogen-bond donors (Lipinski definition) is 0. The molecule has 30 heavy (non-hydrogen) atoms. The summed E-state index contributed by atoms with van der Waals surface area (Å²) in [6.45, 7) is 3.95. The molecule has 2 fully saturated rings. The van der Waals surface area contributed by atoms with Crippen LogP contribution < -0.4 is 0 Å². The van der Waals surface area contributed by atoms with Gasteiger partial charge in [-0.25, -0.2) is 9.97 Å². The van der Waals surface area contributed by atoms with Crippen molar-refractivity contribution in [2.45, 2.75) is 45.2 Å². The Hall–Kier alpha value is -3.15. The van der Waals surface area contributed by atoms with E-state index in [0.29, 0.717) is 11.6 Å². The molecule has 6 heteroatoms. The van der Waals surface area contributed by atoms with Crippen molar-refractivity contribution in [1.29, 1.82) is 0 Å². The zero-order valence-corrected chi connectivity index (χ0v) is 17.2. The molecule has 152 valence electrons. The van der Waals surface area contributed by atoms with Gasteiger partial charge in [-0.05, 0) is 56.7 Å². The van der Waals surface area contributed by atoms with Gasteiger partial charge in [0.15, 0.2) is 0 Å². The van der Waals surface area contributed by atoms with Crippen LogP contribution >= 0.6 is 0 Å². The second-order valence-electron chi connectivity index (χ2n) is 8.71. The molecular formula is C24H25N5O. The van der Waals surface area contributed by atoms with E-state index in [4.69, 9.17) is 0 Å². The molecule has 1 aromatic carbocycles. The molecule has 6 nitrogen and oxygen atoms in total. The molecule has 4 aromatic rings.